The Morgan fingerprint density at radius 2 is 1.19 bits per heavy atom. The maximum absolute atomic E-state index is 7.06. The molecule has 0 N–H and O–H groups in total. The lowest BCUT2D eigenvalue weighted by Crippen LogP contribution is -2.60. The summed E-state index contributed by atoms with van der Waals surface area (Å²) in [5.74, 6) is 0. The molecule has 0 spiro atoms. The van der Waals surface area contributed by atoms with Gasteiger partial charge in [0.2, 0.25) is 0 Å². The molecule has 282 valence electrons. The van der Waals surface area contributed by atoms with Gasteiger partial charge in [-0.25, -0.2) is 0 Å². The third-order valence-electron chi connectivity index (χ3n) is 13.6. The molecule has 3 nitrogen and oxygen atoms in total. The lowest BCUT2D eigenvalue weighted by Gasteiger charge is -2.42. The molecule has 0 amide bonds. The Hall–Kier alpha value is -5.48. The highest BCUT2D eigenvalue weighted by Crippen LogP contribution is 2.55. The van der Waals surface area contributed by atoms with E-state index in [4.69, 9.17) is 4.42 Å². The van der Waals surface area contributed by atoms with E-state index >= 15 is 0 Å². The van der Waals surface area contributed by atoms with E-state index in [9.17, 15) is 0 Å². The van der Waals surface area contributed by atoms with E-state index in [1.165, 1.54) is 83.4 Å². The number of benzene rings is 6. The van der Waals surface area contributed by atoms with E-state index in [1.807, 2.05) is 0 Å². The van der Waals surface area contributed by atoms with Gasteiger partial charge in [0.25, 0.3) is 6.71 Å². The van der Waals surface area contributed by atoms with Crippen molar-refractivity contribution in [3.8, 4) is 16.8 Å². The van der Waals surface area contributed by atoms with Gasteiger partial charge in [-0.3, -0.25) is 0 Å². The van der Waals surface area contributed by atoms with Crippen molar-refractivity contribution < 1.29 is 4.42 Å². The van der Waals surface area contributed by atoms with Crippen LogP contribution in [0, 0.1) is 0 Å². The maximum Gasteiger partial charge on any atom is 0.252 e. The van der Waals surface area contributed by atoms with Crippen LogP contribution in [0.25, 0.3) is 49.7 Å². The molecule has 11 rings (SSSR count). The molecule has 1 aliphatic carbocycles. The van der Waals surface area contributed by atoms with Gasteiger partial charge < -0.3 is 13.9 Å². The van der Waals surface area contributed by atoms with Crippen molar-refractivity contribution in [1.82, 2.24) is 4.57 Å². The average molecular weight is 743 g/mol. The number of hydrogen-bond donors (Lipinski definition) is 0. The first-order valence-corrected chi connectivity index (χ1v) is 20.8. The Bertz CT molecular complexity index is 3060. The summed E-state index contributed by atoms with van der Waals surface area (Å²) in [6.45, 7) is 25.8. The van der Waals surface area contributed by atoms with Crippen LogP contribution in [-0.2, 0) is 21.7 Å². The molecule has 2 aromatic heterocycles. The lowest BCUT2D eigenvalue weighted by molar-refractivity contribution is 0.587. The van der Waals surface area contributed by atoms with Gasteiger partial charge >= 0.3 is 0 Å². The molecule has 0 unspecified atom stereocenters. The molecule has 0 fully saturated rings. The number of anilines is 3. The molecule has 0 bridgehead atoms. The van der Waals surface area contributed by atoms with E-state index in [1.54, 1.807) is 0 Å². The van der Waals surface area contributed by atoms with Gasteiger partial charge in [-0.2, -0.15) is 0 Å². The largest absolute Gasteiger partial charge is 0.454 e. The van der Waals surface area contributed by atoms with Crippen LogP contribution in [-0.4, -0.2) is 11.3 Å². The molecule has 4 heteroatoms. The molecule has 2 aliphatic heterocycles. The van der Waals surface area contributed by atoms with Gasteiger partial charge in [0, 0.05) is 55.4 Å². The molecule has 8 aromatic rings. The van der Waals surface area contributed by atoms with E-state index < -0.39 is 0 Å². The third-order valence-corrected chi connectivity index (χ3v) is 13.6. The Balaban J connectivity index is 1.30. The van der Waals surface area contributed by atoms with Crippen molar-refractivity contribution in [2.75, 3.05) is 4.90 Å². The molecular formula is C53H51BN2O. The Morgan fingerprint density at radius 3 is 1.95 bits per heavy atom. The summed E-state index contributed by atoms with van der Waals surface area (Å²) < 4.78 is 9.75. The summed E-state index contributed by atoms with van der Waals surface area (Å²) in [5.41, 5.74) is 21.3. The number of aromatic nitrogens is 1. The molecule has 4 heterocycles. The highest BCUT2D eigenvalue weighted by atomic mass is 16.3. The Kier molecular flexibility index (Phi) is 6.66. The van der Waals surface area contributed by atoms with Gasteiger partial charge in [-0.1, -0.05) is 155 Å². The van der Waals surface area contributed by atoms with Crippen LogP contribution in [0.4, 0.5) is 17.1 Å². The maximum atomic E-state index is 7.06. The van der Waals surface area contributed by atoms with Crippen molar-refractivity contribution in [2.24, 2.45) is 0 Å². The molecule has 57 heavy (non-hydrogen) atoms. The molecule has 3 aliphatic rings. The second kappa shape index (κ2) is 10.9. The topological polar surface area (TPSA) is 21.3 Å². The number of furan rings is 1. The molecule has 0 saturated carbocycles. The number of rotatable bonds is 1. The summed E-state index contributed by atoms with van der Waals surface area (Å²) in [7, 11) is 0. The minimum absolute atomic E-state index is 0.0168. The zero-order chi connectivity index (χ0) is 39.7. The predicted molar refractivity (Wildman–Crippen MR) is 244 cm³/mol. The predicted octanol–water partition coefficient (Wildman–Crippen LogP) is 12.3. The van der Waals surface area contributed by atoms with Crippen LogP contribution in [0.2, 0.25) is 0 Å². The van der Waals surface area contributed by atoms with Crippen LogP contribution in [0.3, 0.4) is 0 Å². The molecule has 0 saturated heterocycles. The summed E-state index contributed by atoms with van der Waals surface area (Å²) in [4.78, 5) is 2.57. The van der Waals surface area contributed by atoms with Gasteiger partial charge in [-0.15, -0.1) is 0 Å². The van der Waals surface area contributed by atoms with Gasteiger partial charge in [-0.05, 0) is 90.8 Å². The Labute approximate surface area is 337 Å². The Morgan fingerprint density at radius 1 is 0.544 bits per heavy atom. The van der Waals surface area contributed by atoms with Crippen LogP contribution in [0.15, 0.2) is 114 Å². The first-order valence-electron chi connectivity index (χ1n) is 20.8. The quantitative estimate of drug-likeness (QED) is 0.156. The van der Waals surface area contributed by atoms with Crippen molar-refractivity contribution in [3.05, 3.63) is 137 Å². The van der Waals surface area contributed by atoms with Gasteiger partial charge in [0.05, 0.1) is 5.69 Å². The zero-order valence-corrected chi connectivity index (χ0v) is 35.3. The number of nitrogens with zero attached hydrogens (tertiary/aromatic N) is 2. The lowest BCUT2D eigenvalue weighted by atomic mass is 9.33. The fourth-order valence-corrected chi connectivity index (χ4v) is 10.5. The minimum atomic E-state index is -0.181. The molecule has 6 aromatic carbocycles. The van der Waals surface area contributed by atoms with Crippen LogP contribution in [0.5, 0.6) is 0 Å². The number of hydrogen-bond acceptors (Lipinski definition) is 2. The van der Waals surface area contributed by atoms with Crippen molar-refractivity contribution in [2.45, 2.75) is 97.8 Å². The van der Waals surface area contributed by atoms with Crippen LogP contribution >= 0.6 is 0 Å². The smallest absolute Gasteiger partial charge is 0.252 e. The van der Waals surface area contributed by atoms with Crippen LogP contribution in [0.1, 0.15) is 104 Å². The molecule has 0 radical (unpaired) electrons. The fraction of sp³-hybridized carbons (Fsp3) is 0.283. The van der Waals surface area contributed by atoms with Gasteiger partial charge in [0.1, 0.15) is 5.58 Å². The molecular weight excluding hydrogens is 691 g/mol. The highest BCUT2D eigenvalue weighted by molar-refractivity contribution is 7.00. The van der Waals surface area contributed by atoms with Gasteiger partial charge in [0.15, 0.2) is 5.58 Å². The first-order chi connectivity index (χ1) is 26.9. The van der Waals surface area contributed by atoms with E-state index in [0.717, 1.165) is 27.6 Å². The normalized spacial score (nSPS) is 15.4. The standard InChI is InChI=1S/C53H51BN2O/c1-50(2,3)30-23-25-38-41(26-30)55(40-21-15-17-34-33-24-22-31(51(4,5)6)29-44(33)57-48(34)40)42-27-32(52(7,8)9)28-43-46(42)54(38)39-20-14-18-36-45-35-16-12-13-19-37(35)53(10,11)49(45)56(43)47(36)39/h12-29H,1-11H3. The second-order valence-corrected chi connectivity index (χ2v) is 20.7. The number of fused-ring (bicyclic) bond motifs is 12. The number of para-hydroxylation sites is 2. The third kappa shape index (κ3) is 4.56. The van der Waals surface area contributed by atoms with Crippen molar-refractivity contribution >= 4 is 73.0 Å². The van der Waals surface area contributed by atoms with E-state index in [0.29, 0.717) is 0 Å². The molecule has 0 atom stereocenters. The minimum Gasteiger partial charge on any atom is -0.454 e. The summed E-state index contributed by atoms with van der Waals surface area (Å²) >= 11 is 0. The zero-order valence-electron chi connectivity index (χ0n) is 35.3. The van der Waals surface area contributed by atoms with Crippen molar-refractivity contribution in [1.29, 1.82) is 0 Å². The van der Waals surface area contributed by atoms with Crippen molar-refractivity contribution in [3.63, 3.8) is 0 Å². The summed E-state index contributed by atoms with van der Waals surface area (Å²) in [6, 6.07) is 42.1. The average Bonchev–Trinajstić information content (AvgIpc) is 3.79. The van der Waals surface area contributed by atoms with E-state index in [-0.39, 0.29) is 28.4 Å². The SMILES string of the molecule is CC(C)(C)c1ccc2c(c1)N(c1cccc3c1oc1cc(C(C)(C)C)ccc13)c1cc(C(C)(C)C)cc3c1B2c1cccc2c4c(n-3c12)C(C)(C)c1ccccc1-4. The second-order valence-electron chi connectivity index (χ2n) is 20.7. The van der Waals surface area contributed by atoms with Crippen LogP contribution < -0.4 is 21.3 Å². The monoisotopic (exact) mass is 742 g/mol. The fourth-order valence-electron chi connectivity index (χ4n) is 10.5. The summed E-state index contributed by atoms with van der Waals surface area (Å²) in [6.07, 6.45) is 0. The van der Waals surface area contributed by atoms with E-state index in [2.05, 4.69) is 195 Å². The first kappa shape index (κ1) is 34.7. The summed E-state index contributed by atoms with van der Waals surface area (Å²) in [5, 5.41) is 3.66. The highest BCUT2D eigenvalue weighted by Gasteiger charge is 2.48.